The van der Waals surface area contributed by atoms with E-state index in [0.717, 1.165) is 77.5 Å². The van der Waals surface area contributed by atoms with Crippen LogP contribution in [0.1, 0.15) is 43.4 Å². The summed E-state index contributed by atoms with van der Waals surface area (Å²) in [6, 6.07) is 14.5. The monoisotopic (exact) mass is 611 g/mol. The summed E-state index contributed by atoms with van der Waals surface area (Å²) in [7, 11) is 2.01. The van der Waals surface area contributed by atoms with Crippen LogP contribution in [-0.2, 0) is 17.8 Å². The Bertz CT molecular complexity index is 1640. The Labute approximate surface area is 263 Å². The normalized spacial score (nSPS) is 22.5. The first kappa shape index (κ1) is 28.9. The second-order valence-corrected chi connectivity index (χ2v) is 13.0. The topological polar surface area (TPSA) is 88.8 Å². The van der Waals surface area contributed by atoms with Crippen LogP contribution in [0.15, 0.2) is 49.1 Å². The smallest absolute Gasteiger partial charge is 0.318 e. The average Bonchev–Trinajstić information content (AvgIpc) is 3.77. The molecule has 9 nitrogen and oxygen atoms in total. The molecule has 228 valence electrons. The molecule has 4 aliphatic rings. The summed E-state index contributed by atoms with van der Waals surface area (Å²) in [5.74, 6) is 0.602. The molecule has 2 atom stereocenters. The minimum atomic E-state index is -0.497. The quantitative estimate of drug-likeness (QED) is 0.346. The minimum Gasteiger partial charge on any atom is -0.461 e. The van der Waals surface area contributed by atoms with Crippen LogP contribution >= 0.6 is 11.6 Å². The van der Waals surface area contributed by atoms with E-state index in [9.17, 15) is 10.1 Å². The number of anilines is 2. The molecule has 0 unspecified atom stereocenters. The van der Waals surface area contributed by atoms with Crippen LogP contribution < -0.4 is 14.5 Å². The van der Waals surface area contributed by atoms with Gasteiger partial charge >= 0.3 is 6.01 Å². The number of fused-ring (bicyclic) bond motifs is 3. The number of likely N-dealkylation sites (N-methyl/N-ethyl adjacent to an activating group) is 1. The first-order valence-electron chi connectivity index (χ1n) is 15.7. The molecule has 5 heterocycles. The molecule has 0 saturated carbocycles. The van der Waals surface area contributed by atoms with Gasteiger partial charge in [0.25, 0.3) is 0 Å². The summed E-state index contributed by atoms with van der Waals surface area (Å²) in [4.78, 5) is 31.3. The molecule has 3 aromatic rings. The van der Waals surface area contributed by atoms with Gasteiger partial charge in [0.15, 0.2) is 0 Å². The lowest BCUT2D eigenvalue weighted by atomic mass is 9.95. The van der Waals surface area contributed by atoms with Gasteiger partial charge in [0.2, 0.25) is 5.91 Å². The van der Waals surface area contributed by atoms with Gasteiger partial charge in [-0.3, -0.25) is 9.69 Å². The van der Waals surface area contributed by atoms with Crippen molar-refractivity contribution >= 4 is 39.8 Å². The molecule has 0 bridgehead atoms. The second kappa shape index (κ2) is 11.6. The van der Waals surface area contributed by atoms with Crippen LogP contribution in [0.4, 0.5) is 11.5 Å². The van der Waals surface area contributed by atoms with Gasteiger partial charge in [0.05, 0.1) is 34.9 Å². The Morgan fingerprint density at radius 1 is 1.20 bits per heavy atom. The first-order valence-corrected chi connectivity index (χ1v) is 16.0. The van der Waals surface area contributed by atoms with E-state index in [1.807, 2.05) is 19.2 Å². The predicted molar refractivity (Wildman–Crippen MR) is 172 cm³/mol. The number of hydrogen-bond donors (Lipinski definition) is 0. The molecule has 3 saturated heterocycles. The van der Waals surface area contributed by atoms with Gasteiger partial charge in [-0.15, -0.1) is 0 Å². The SMILES string of the molecule is C=CC(=O)N1C[C@H](N(C)c2nc(OCC34CCCN3CCC4)nc3c2CCN(c2cccc4cccc(Cl)c24)C3)C[C@@H]1C#N. The van der Waals surface area contributed by atoms with E-state index < -0.39 is 6.04 Å². The fourth-order valence-electron chi connectivity index (χ4n) is 7.90. The Balaban J connectivity index is 1.23. The fraction of sp³-hybridized carbons (Fsp3) is 0.471. The van der Waals surface area contributed by atoms with Crippen molar-refractivity contribution in [3.8, 4) is 12.1 Å². The second-order valence-electron chi connectivity index (χ2n) is 12.6. The highest BCUT2D eigenvalue weighted by Gasteiger charge is 2.45. The van der Waals surface area contributed by atoms with E-state index in [0.29, 0.717) is 32.1 Å². The number of likely N-dealkylation sites (tertiary alicyclic amines) is 1. The van der Waals surface area contributed by atoms with Gasteiger partial charge in [0.1, 0.15) is 18.5 Å². The highest BCUT2D eigenvalue weighted by molar-refractivity contribution is 6.36. The van der Waals surface area contributed by atoms with Crippen molar-refractivity contribution in [2.45, 2.75) is 62.7 Å². The Morgan fingerprint density at radius 3 is 2.73 bits per heavy atom. The van der Waals surface area contributed by atoms with E-state index in [1.54, 1.807) is 4.90 Å². The third kappa shape index (κ3) is 4.94. The molecule has 1 aromatic heterocycles. The summed E-state index contributed by atoms with van der Waals surface area (Å²) in [5.41, 5.74) is 3.19. The van der Waals surface area contributed by atoms with Gasteiger partial charge in [-0.05, 0) is 68.8 Å². The molecule has 7 rings (SSSR count). The number of carbonyl (C=O) groups is 1. The minimum absolute atomic E-state index is 0.0657. The van der Waals surface area contributed by atoms with Gasteiger partial charge < -0.3 is 19.4 Å². The van der Waals surface area contributed by atoms with Gasteiger partial charge in [0, 0.05) is 43.2 Å². The van der Waals surface area contributed by atoms with Crippen LogP contribution in [0, 0.1) is 11.3 Å². The van der Waals surface area contributed by atoms with Crippen molar-refractivity contribution in [2.24, 2.45) is 0 Å². The summed E-state index contributed by atoms with van der Waals surface area (Å²) < 4.78 is 6.50. The molecule has 3 fully saturated rings. The lowest BCUT2D eigenvalue weighted by Crippen LogP contribution is -2.44. The number of carbonyl (C=O) groups excluding carboxylic acids is 1. The third-order valence-corrected chi connectivity index (χ3v) is 10.6. The molecule has 0 N–H and O–H groups in total. The number of hydrogen-bond acceptors (Lipinski definition) is 8. The molecule has 1 amide bonds. The first-order chi connectivity index (χ1) is 21.4. The maximum absolute atomic E-state index is 12.5. The fourth-order valence-corrected chi connectivity index (χ4v) is 8.18. The molecule has 0 radical (unpaired) electrons. The van der Waals surface area contributed by atoms with Crippen molar-refractivity contribution in [3.63, 3.8) is 0 Å². The molecular formula is C34H38ClN7O2. The zero-order valence-corrected chi connectivity index (χ0v) is 26.0. The number of amides is 1. The predicted octanol–water partition coefficient (Wildman–Crippen LogP) is 4.97. The summed E-state index contributed by atoms with van der Waals surface area (Å²) >= 11 is 6.72. The number of ether oxygens (including phenoxy) is 1. The zero-order chi connectivity index (χ0) is 30.4. The van der Waals surface area contributed by atoms with Gasteiger partial charge in [-0.2, -0.15) is 15.2 Å². The number of nitriles is 1. The summed E-state index contributed by atoms with van der Waals surface area (Å²) in [6.45, 7) is 8.30. The van der Waals surface area contributed by atoms with Crippen molar-refractivity contribution in [3.05, 3.63) is 65.3 Å². The molecule has 0 spiro atoms. The molecule has 4 aliphatic heterocycles. The Kier molecular flexibility index (Phi) is 7.59. The van der Waals surface area contributed by atoms with Crippen molar-refractivity contribution < 1.29 is 9.53 Å². The highest BCUT2D eigenvalue weighted by atomic mass is 35.5. The number of halogens is 1. The van der Waals surface area contributed by atoms with E-state index in [1.165, 1.54) is 18.9 Å². The van der Waals surface area contributed by atoms with E-state index in [2.05, 4.69) is 51.6 Å². The summed E-state index contributed by atoms with van der Waals surface area (Å²) in [5, 5.41) is 12.7. The van der Waals surface area contributed by atoms with Crippen LogP contribution in [0.3, 0.4) is 0 Å². The zero-order valence-electron chi connectivity index (χ0n) is 25.2. The third-order valence-electron chi connectivity index (χ3n) is 10.2. The van der Waals surface area contributed by atoms with E-state index in [4.69, 9.17) is 26.3 Å². The van der Waals surface area contributed by atoms with Crippen LogP contribution in [0.25, 0.3) is 10.8 Å². The Hall–Kier alpha value is -3.87. The molecule has 44 heavy (non-hydrogen) atoms. The lowest BCUT2D eigenvalue weighted by molar-refractivity contribution is -0.126. The lowest BCUT2D eigenvalue weighted by Gasteiger charge is -2.35. The number of aromatic nitrogens is 2. The van der Waals surface area contributed by atoms with Crippen molar-refractivity contribution in [1.29, 1.82) is 5.26 Å². The van der Waals surface area contributed by atoms with Crippen molar-refractivity contribution in [2.75, 3.05) is 49.6 Å². The van der Waals surface area contributed by atoms with Crippen molar-refractivity contribution in [1.82, 2.24) is 19.8 Å². The van der Waals surface area contributed by atoms with Crippen LogP contribution in [0.5, 0.6) is 6.01 Å². The largest absolute Gasteiger partial charge is 0.461 e. The molecule has 0 aliphatic carbocycles. The Morgan fingerprint density at radius 2 is 1.98 bits per heavy atom. The average molecular weight is 612 g/mol. The summed E-state index contributed by atoms with van der Waals surface area (Å²) in [6.07, 6.45) is 7.27. The highest BCUT2D eigenvalue weighted by Crippen LogP contribution is 2.40. The molecule has 2 aromatic carbocycles. The van der Waals surface area contributed by atoms with Gasteiger partial charge in [-0.25, -0.2) is 0 Å². The van der Waals surface area contributed by atoms with Gasteiger partial charge in [-0.1, -0.05) is 42.4 Å². The van der Waals surface area contributed by atoms with Crippen LogP contribution in [-0.4, -0.2) is 83.1 Å². The number of rotatable bonds is 7. The maximum Gasteiger partial charge on any atom is 0.318 e. The van der Waals surface area contributed by atoms with E-state index >= 15 is 0 Å². The number of benzene rings is 2. The van der Waals surface area contributed by atoms with Crippen LogP contribution in [0.2, 0.25) is 5.02 Å². The standard InChI is InChI=1S/C34H38ClN7O2/c1-3-30(43)42-20-25(18-24(42)19-36)39(2)32-26-12-17-40(29-11-5-9-23-8-4-10-27(35)31(23)29)21-28(26)37-33(38-32)44-22-34-13-6-15-41(34)16-7-14-34/h3-5,8-11,24-25H,1,6-7,12-18,20-22H2,2H3/t24-,25-/m1/s1. The van der Waals surface area contributed by atoms with E-state index in [-0.39, 0.29) is 17.5 Å². The molecular weight excluding hydrogens is 574 g/mol. The number of nitrogens with zero attached hydrogens (tertiary/aromatic N) is 7. The maximum atomic E-state index is 12.5. The molecule has 10 heteroatoms.